The summed E-state index contributed by atoms with van der Waals surface area (Å²) in [6.07, 6.45) is 4.85. The first-order chi connectivity index (χ1) is 12.1. The lowest BCUT2D eigenvalue weighted by Gasteiger charge is -2.17. The Labute approximate surface area is 144 Å². The van der Waals surface area contributed by atoms with Gasteiger partial charge in [0, 0.05) is 5.56 Å². The summed E-state index contributed by atoms with van der Waals surface area (Å²) in [6, 6.07) is 8.41. The molecule has 4 rings (SSSR count). The molecule has 1 saturated heterocycles. The van der Waals surface area contributed by atoms with Crippen LogP contribution in [0.5, 0.6) is 0 Å². The third-order valence-corrected chi connectivity index (χ3v) is 5.21. The Balaban J connectivity index is 1.35. The number of rotatable bonds is 3. The highest BCUT2D eigenvalue weighted by Crippen LogP contribution is 2.52. The molecule has 1 aromatic rings. The van der Waals surface area contributed by atoms with E-state index >= 15 is 0 Å². The SMILES string of the molecule is O=C(CN1C(=O)C2C3C=CC(C3)C2C1=O)NNC(=O)c1ccccc1. The van der Waals surface area contributed by atoms with Gasteiger partial charge < -0.3 is 0 Å². The van der Waals surface area contributed by atoms with Crippen LogP contribution in [0.15, 0.2) is 42.5 Å². The maximum Gasteiger partial charge on any atom is 0.269 e. The number of hydrogen-bond acceptors (Lipinski definition) is 4. The topological polar surface area (TPSA) is 95.6 Å². The molecule has 2 aliphatic carbocycles. The van der Waals surface area contributed by atoms with E-state index < -0.39 is 11.8 Å². The number of benzene rings is 1. The lowest BCUT2D eigenvalue weighted by atomic mass is 9.85. The summed E-state index contributed by atoms with van der Waals surface area (Å²) in [5, 5.41) is 0. The molecule has 2 N–H and O–H groups in total. The second-order valence-electron chi connectivity index (χ2n) is 6.63. The fraction of sp³-hybridized carbons (Fsp3) is 0.333. The maximum atomic E-state index is 12.5. The van der Waals surface area contributed by atoms with Crippen molar-refractivity contribution in [2.24, 2.45) is 23.7 Å². The first-order valence-electron chi connectivity index (χ1n) is 8.24. The van der Waals surface area contributed by atoms with Gasteiger partial charge in [0.15, 0.2) is 0 Å². The molecular weight excluding hydrogens is 322 g/mol. The van der Waals surface area contributed by atoms with Gasteiger partial charge in [-0.25, -0.2) is 0 Å². The van der Waals surface area contributed by atoms with Gasteiger partial charge in [-0.2, -0.15) is 0 Å². The second-order valence-corrected chi connectivity index (χ2v) is 6.63. The molecule has 3 aliphatic rings. The number of fused-ring (bicyclic) bond motifs is 5. The number of amides is 4. The van der Waals surface area contributed by atoms with Crippen molar-refractivity contribution < 1.29 is 19.2 Å². The summed E-state index contributed by atoms with van der Waals surface area (Å²) in [5.74, 6) is -2.07. The van der Waals surface area contributed by atoms with Crippen molar-refractivity contribution in [3.8, 4) is 0 Å². The summed E-state index contributed by atoms with van der Waals surface area (Å²) < 4.78 is 0. The van der Waals surface area contributed by atoms with Gasteiger partial charge in [-0.05, 0) is 30.4 Å². The Hall–Kier alpha value is -2.96. The molecule has 7 heteroatoms. The quantitative estimate of drug-likeness (QED) is 0.469. The number of nitrogens with zero attached hydrogens (tertiary/aromatic N) is 1. The van der Waals surface area contributed by atoms with E-state index in [9.17, 15) is 19.2 Å². The number of hydrogen-bond donors (Lipinski definition) is 2. The molecule has 1 saturated carbocycles. The minimum atomic E-state index is -0.605. The molecule has 4 amide bonds. The van der Waals surface area contributed by atoms with Crippen LogP contribution in [0, 0.1) is 23.7 Å². The zero-order chi connectivity index (χ0) is 17.6. The smallest absolute Gasteiger partial charge is 0.269 e. The monoisotopic (exact) mass is 339 g/mol. The molecule has 2 bridgehead atoms. The van der Waals surface area contributed by atoms with E-state index in [1.54, 1.807) is 30.3 Å². The largest absolute Gasteiger partial charge is 0.274 e. The van der Waals surface area contributed by atoms with Crippen molar-refractivity contribution in [2.45, 2.75) is 6.42 Å². The van der Waals surface area contributed by atoms with Crippen molar-refractivity contribution in [3.63, 3.8) is 0 Å². The molecule has 7 nitrogen and oxygen atoms in total. The van der Waals surface area contributed by atoms with Crippen molar-refractivity contribution in [1.29, 1.82) is 0 Å². The summed E-state index contributed by atoms with van der Waals surface area (Å²) in [5.41, 5.74) is 4.93. The average molecular weight is 339 g/mol. The maximum absolute atomic E-state index is 12.5. The van der Waals surface area contributed by atoms with Crippen molar-refractivity contribution in [3.05, 3.63) is 48.0 Å². The summed E-state index contributed by atoms with van der Waals surface area (Å²) in [7, 11) is 0. The Morgan fingerprint density at radius 2 is 1.56 bits per heavy atom. The third-order valence-electron chi connectivity index (χ3n) is 5.21. The molecule has 0 aromatic heterocycles. The third kappa shape index (κ3) is 2.52. The van der Waals surface area contributed by atoms with Crippen LogP contribution in [0.4, 0.5) is 0 Å². The predicted octanol–water partition coefficient (Wildman–Crippen LogP) is 0.255. The van der Waals surface area contributed by atoms with Crippen LogP contribution in [0.3, 0.4) is 0 Å². The second kappa shape index (κ2) is 5.84. The summed E-state index contributed by atoms with van der Waals surface area (Å²) >= 11 is 0. The van der Waals surface area contributed by atoms with Crippen molar-refractivity contribution >= 4 is 23.6 Å². The summed E-state index contributed by atoms with van der Waals surface area (Å²) in [4.78, 5) is 49.9. The molecule has 25 heavy (non-hydrogen) atoms. The first kappa shape index (κ1) is 15.6. The standard InChI is InChI=1S/C18H17N3O4/c22-13(19-20-16(23)10-4-2-1-3-5-10)9-21-17(24)14-11-6-7-12(8-11)15(14)18(21)25/h1-7,11-12,14-15H,8-9H2,(H,19,22)(H,20,23). The number of carbonyl (C=O) groups excluding carboxylic acids is 4. The number of allylic oxidation sites excluding steroid dienone is 2. The molecule has 4 atom stereocenters. The number of hydrazine groups is 1. The molecule has 1 aliphatic heterocycles. The highest BCUT2D eigenvalue weighted by molar-refractivity contribution is 6.08. The van der Waals surface area contributed by atoms with Crippen LogP contribution in [0.25, 0.3) is 0 Å². The molecule has 1 aromatic carbocycles. The van der Waals surface area contributed by atoms with Gasteiger partial charge in [-0.15, -0.1) is 0 Å². The van der Waals surface area contributed by atoms with Crippen molar-refractivity contribution in [2.75, 3.05) is 6.54 Å². The Morgan fingerprint density at radius 3 is 2.16 bits per heavy atom. The van der Waals surface area contributed by atoms with E-state index in [1.165, 1.54) is 0 Å². The highest BCUT2D eigenvalue weighted by atomic mass is 16.2. The zero-order valence-corrected chi connectivity index (χ0v) is 13.3. The van der Waals surface area contributed by atoms with Crippen LogP contribution < -0.4 is 10.9 Å². The Bertz CT molecular complexity index is 759. The van der Waals surface area contributed by atoms with Gasteiger partial charge in [0.1, 0.15) is 6.54 Å². The molecule has 1 heterocycles. The first-order valence-corrected chi connectivity index (χ1v) is 8.24. The molecule has 0 spiro atoms. The van der Waals surface area contributed by atoms with E-state index in [0.29, 0.717) is 5.56 Å². The molecular formula is C18H17N3O4. The fourth-order valence-electron chi connectivity index (χ4n) is 4.09. The Morgan fingerprint density at radius 1 is 0.960 bits per heavy atom. The van der Waals surface area contributed by atoms with Crippen LogP contribution >= 0.6 is 0 Å². The number of likely N-dealkylation sites (tertiary alicyclic amines) is 1. The lowest BCUT2D eigenvalue weighted by Crippen LogP contribution is -2.48. The van der Waals surface area contributed by atoms with Gasteiger partial charge in [0.05, 0.1) is 11.8 Å². The van der Waals surface area contributed by atoms with Gasteiger partial charge in [0.2, 0.25) is 11.8 Å². The van der Waals surface area contributed by atoms with E-state index in [0.717, 1.165) is 11.3 Å². The van der Waals surface area contributed by atoms with Crippen LogP contribution in [0.1, 0.15) is 16.8 Å². The fourth-order valence-corrected chi connectivity index (χ4v) is 4.09. The van der Waals surface area contributed by atoms with Crippen LogP contribution in [-0.2, 0) is 14.4 Å². The number of imide groups is 1. The zero-order valence-electron chi connectivity index (χ0n) is 13.3. The van der Waals surface area contributed by atoms with E-state index in [-0.39, 0.29) is 42.0 Å². The lowest BCUT2D eigenvalue weighted by molar-refractivity contribution is -0.144. The molecule has 128 valence electrons. The minimum Gasteiger partial charge on any atom is -0.274 e. The van der Waals surface area contributed by atoms with Crippen molar-refractivity contribution in [1.82, 2.24) is 15.8 Å². The average Bonchev–Trinajstić information content (AvgIpc) is 3.30. The molecule has 0 radical (unpaired) electrons. The normalized spacial score (nSPS) is 29.0. The van der Waals surface area contributed by atoms with Gasteiger partial charge in [0.25, 0.3) is 11.8 Å². The highest BCUT2D eigenvalue weighted by Gasteiger charge is 2.59. The molecule has 2 fully saturated rings. The number of carbonyl (C=O) groups is 4. The van der Waals surface area contributed by atoms with Gasteiger partial charge in [-0.1, -0.05) is 30.4 Å². The van der Waals surface area contributed by atoms with Crippen LogP contribution in [0.2, 0.25) is 0 Å². The van der Waals surface area contributed by atoms with E-state index in [2.05, 4.69) is 10.9 Å². The number of nitrogens with one attached hydrogen (secondary N) is 2. The van der Waals surface area contributed by atoms with Crippen LogP contribution in [-0.4, -0.2) is 35.1 Å². The van der Waals surface area contributed by atoms with E-state index in [4.69, 9.17) is 0 Å². The van der Waals surface area contributed by atoms with E-state index in [1.807, 2.05) is 12.2 Å². The predicted molar refractivity (Wildman–Crippen MR) is 86.5 cm³/mol. The molecule has 4 unspecified atom stereocenters. The van der Waals surface area contributed by atoms with Gasteiger partial charge >= 0.3 is 0 Å². The summed E-state index contributed by atoms with van der Waals surface area (Å²) in [6.45, 7) is -0.376. The minimum absolute atomic E-state index is 0.109. The Kier molecular flexibility index (Phi) is 3.63. The van der Waals surface area contributed by atoms with Gasteiger partial charge in [-0.3, -0.25) is 34.9 Å².